The Labute approximate surface area is 136 Å². The minimum absolute atomic E-state index is 0.188. The number of nitrogens with zero attached hydrogens (tertiary/aromatic N) is 4. The van der Waals surface area contributed by atoms with E-state index in [4.69, 9.17) is 5.73 Å². The third-order valence-corrected chi connectivity index (χ3v) is 7.24. The van der Waals surface area contributed by atoms with Crippen molar-refractivity contribution < 1.29 is 32.6 Å². The lowest BCUT2D eigenvalue weighted by atomic mass is 9.96. The van der Waals surface area contributed by atoms with Crippen molar-refractivity contribution in [3.8, 4) is 0 Å². The quantitative estimate of drug-likeness (QED) is 0.416. The van der Waals surface area contributed by atoms with Crippen LogP contribution in [0.2, 0.25) is 0 Å². The molecule has 0 bridgehead atoms. The maximum atomic E-state index is 12.7. The number of carbonyl (C=O) groups excluding carboxylic acids is 2. The van der Waals surface area contributed by atoms with Gasteiger partial charge in [0.25, 0.3) is 5.91 Å². The fourth-order valence-electron chi connectivity index (χ4n) is 3.30. The number of aliphatic carboxylic acids is 1. The SMILES string of the molecule is C[C@]1(Cn2cc[n+](CC(N)=O)n2)[C@H](C(=O)O)N2C(=O)CC2S1(=O)=O. The Bertz CT molecular complexity index is 848. The van der Waals surface area contributed by atoms with Crippen LogP contribution in [0.3, 0.4) is 0 Å². The molecule has 12 heteroatoms. The van der Waals surface area contributed by atoms with Gasteiger partial charge in [-0.1, -0.05) is 0 Å². The lowest BCUT2D eigenvalue weighted by Gasteiger charge is -2.35. The normalized spacial score (nSPS) is 30.7. The molecule has 1 aromatic heterocycles. The van der Waals surface area contributed by atoms with Gasteiger partial charge in [-0.2, -0.15) is 0 Å². The number of carbonyl (C=O) groups is 3. The summed E-state index contributed by atoms with van der Waals surface area (Å²) in [7, 11) is -3.90. The predicted molar refractivity (Wildman–Crippen MR) is 75.6 cm³/mol. The third-order valence-electron chi connectivity index (χ3n) is 4.48. The van der Waals surface area contributed by atoms with Crippen LogP contribution >= 0.6 is 0 Å². The molecule has 11 nitrogen and oxygen atoms in total. The van der Waals surface area contributed by atoms with Crippen molar-refractivity contribution in [3.63, 3.8) is 0 Å². The van der Waals surface area contributed by atoms with Crippen LogP contribution in [0.15, 0.2) is 12.4 Å². The van der Waals surface area contributed by atoms with Crippen molar-refractivity contribution in [2.24, 2.45) is 5.73 Å². The van der Waals surface area contributed by atoms with E-state index < -0.39 is 43.8 Å². The third kappa shape index (κ3) is 2.09. The Morgan fingerprint density at radius 3 is 2.75 bits per heavy atom. The van der Waals surface area contributed by atoms with Crippen molar-refractivity contribution in [2.45, 2.75) is 42.6 Å². The van der Waals surface area contributed by atoms with Gasteiger partial charge >= 0.3 is 5.97 Å². The fourth-order valence-corrected chi connectivity index (χ4v) is 5.66. The van der Waals surface area contributed by atoms with E-state index in [1.807, 2.05) is 0 Å². The second-order valence-electron chi connectivity index (χ2n) is 6.11. The first-order valence-corrected chi connectivity index (χ1v) is 8.61. The maximum Gasteiger partial charge on any atom is 0.328 e. The van der Waals surface area contributed by atoms with Gasteiger partial charge in [-0.05, 0) is 6.92 Å². The molecule has 3 atom stereocenters. The fraction of sp³-hybridized carbons (Fsp3) is 0.583. The largest absolute Gasteiger partial charge is 0.480 e. The summed E-state index contributed by atoms with van der Waals surface area (Å²) in [6.07, 6.45) is 2.63. The zero-order valence-electron chi connectivity index (χ0n) is 12.7. The van der Waals surface area contributed by atoms with Crippen LogP contribution < -0.4 is 10.4 Å². The lowest BCUT2D eigenvalue weighted by Crippen LogP contribution is -2.58. The molecule has 1 unspecified atom stereocenters. The highest BCUT2D eigenvalue weighted by Gasteiger charge is 2.71. The van der Waals surface area contributed by atoms with E-state index in [-0.39, 0.29) is 19.5 Å². The Kier molecular flexibility index (Phi) is 3.41. The predicted octanol–water partition coefficient (Wildman–Crippen LogP) is -3.15. The molecule has 24 heavy (non-hydrogen) atoms. The molecule has 2 fully saturated rings. The number of nitrogens with two attached hydrogens (primary N) is 1. The van der Waals surface area contributed by atoms with Crippen molar-refractivity contribution >= 4 is 27.6 Å². The van der Waals surface area contributed by atoms with E-state index >= 15 is 0 Å². The Morgan fingerprint density at radius 2 is 2.21 bits per heavy atom. The van der Waals surface area contributed by atoms with Crippen LogP contribution in [0.5, 0.6) is 0 Å². The minimum atomic E-state index is -3.90. The number of primary amides is 1. The Morgan fingerprint density at radius 1 is 1.54 bits per heavy atom. The summed E-state index contributed by atoms with van der Waals surface area (Å²) in [4.78, 5) is 35.1. The first-order chi connectivity index (χ1) is 11.1. The van der Waals surface area contributed by atoms with E-state index in [0.717, 1.165) is 4.90 Å². The molecule has 2 aliphatic rings. The van der Waals surface area contributed by atoms with Crippen molar-refractivity contribution in [3.05, 3.63) is 12.4 Å². The van der Waals surface area contributed by atoms with Crippen molar-refractivity contribution in [2.75, 3.05) is 0 Å². The van der Waals surface area contributed by atoms with Gasteiger partial charge in [0, 0.05) is 0 Å². The number of β-lactam (4-membered cyclic amide) rings is 1. The number of rotatable bonds is 5. The maximum absolute atomic E-state index is 12.7. The summed E-state index contributed by atoms with van der Waals surface area (Å²) < 4.78 is 26.2. The molecular formula is C12H16N5O6S+. The van der Waals surface area contributed by atoms with Gasteiger partial charge in [-0.15, -0.1) is 9.36 Å². The molecule has 3 N–H and O–H groups in total. The van der Waals surface area contributed by atoms with Gasteiger partial charge in [0.05, 0.1) is 11.6 Å². The first-order valence-electron chi connectivity index (χ1n) is 7.07. The smallest absolute Gasteiger partial charge is 0.328 e. The molecule has 0 radical (unpaired) electrons. The molecule has 2 amide bonds. The zero-order valence-corrected chi connectivity index (χ0v) is 13.5. The summed E-state index contributed by atoms with van der Waals surface area (Å²) in [5.41, 5.74) is 5.06. The van der Waals surface area contributed by atoms with Crippen LogP contribution in [0.4, 0.5) is 0 Å². The van der Waals surface area contributed by atoms with Crippen LogP contribution in [-0.4, -0.2) is 62.3 Å². The number of carboxylic acid groups (broad SMARTS) is 1. The average molecular weight is 358 g/mol. The molecule has 0 aromatic carbocycles. The number of hydrogen-bond donors (Lipinski definition) is 2. The number of hydrogen-bond acceptors (Lipinski definition) is 6. The van der Waals surface area contributed by atoms with Gasteiger partial charge in [0.1, 0.15) is 16.7 Å². The molecule has 2 saturated heterocycles. The Hall–Kier alpha value is -2.50. The number of sulfone groups is 1. The van der Waals surface area contributed by atoms with Gasteiger partial charge in [-0.25, -0.2) is 13.2 Å². The summed E-state index contributed by atoms with van der Waals surface area (Å²) in [6, 6.07) is -1.48. The summed E-state index contributed by atoms with van der Waals surface area (Å²) in [5.74, 6) is -2.50. The molecule has 0 saturated carbocycles. The molecule has 3 heterocycles. The monoisotopic (exact) mass is 358 g/mol. The van der Waals surface area contributed by atoms with Crippen LogP contribution in [0.1, 0.15) is 13.3 Å². The number of amides is 2. The molecule has 3 rings (SSSR count). The first kappa shape index (κ1) is 16.4. The van der Waals surface area contributed by atoms with E-state index in [0.29, 0.717) is 0 Å². The van der Waals surface area contributed by atoms with E-state index in [1.54, 1.807) is 0 Å². The second kappa shape index (κ2) is 5.00. The average Bonchev–Trinajstić information content (AvgIpc) is 2.91. The van der Waals surface area contributed by atoms with Gasteiger partial charge < -0.3 is 15.7 Å². The van der Waals surface area contributed by atoms with Crippen LogP contribution in [0.25, 0.3) is 0 Å². The Balaban J connectivity index is 1.97. The van der Waals surface area contributed by atoms with E-state index in [1.165, 1.54) is 28.7 Å². The number of carboxylic acids is 1. The summed E-state index contributed by atoms with van der Waals surface area (Å²) in [6.45, 7) is 0.844. The number of aromatic nitrogens is 3. The highest BCUT2D eigenvalue weighted by Crippen LogP contribution is 2.46. The lowest BCUT2D eigenvalue weighted by molar-refractivity contribution is -0.743. The van der Waals surface area contributed by atoms with Gasteiger partial charge in [0.15, 0.2) is 34.8 Å². The topological polar surface area (TPSA) is 157 Å². The van der Waals surface area contributed by atoms with Crippen molar-refractivity contribution in [1.82, 2.24) is 14.8 Å². The van der Waals surface area contributed by atoms with Crippen LogP contribution in [-0.2, 0) is 37.3 Å². The molecule has 0 spiro atoms. The van der Waals surface area contributed by atoms with Gasteiger partial charge in [0.2, 0.25) is 5.91 Å². The van der Waals surface area contributed by atoms with E-state index in [2.05, 4.69) is 5.21 Å². The molecule has 0 aliphatic carbocycles. The van der Waals surface area contributed by atoms with Crippen LogP contribution in [0, 0.1) is 0 Å². The molecule has 2 aliphatic heterocycles. The summed E-state index contributed by atoms with van der Waals surface area (Å²) >= 11 is 0. The van der Waals surface area contributed by atoms with Gasteiger partial charge in [-0.3, -0.25) is 9.59 Å². The highest BCUT2D eigenvalue weighted by molar-refractivity contribution is 7.93. The molecule has 130 valence electrons. The molecule has 1 aromatic rings. The highest BCUT2D eigenvalue weighted by atomic mass is 32.2. The minimum Gasteiger partial charge on any atom is -0.480 e. The summed E-state index contributed by atoms with van der Waals surface area (Å²) in [5, 5.41) is 12.3. The standard InChI is InChI=1S/C12H15N5O6S/c1-12(6-16-3-2-15(14-16)5-7(13)18)10(11(20)21)17-8(19)4-9(17)24(12,22)23/h2-3,9-10H,4-6H2,1H3,(H2-,13,18,20,21)/p+1/t9?,10-,12-/m0/s1. The second-order valence-corrected chi connectivity index (χ2v) is 8.67. The zero-order chi connectivity index (χ0) is 17.9. The van der Waals surface area contributed by atoms with Crippen molar-refractivity contribution in [1.29, 1.82) is 0 Å². The van der Waals surface area contributed by atoms with E-state index in [9.17, 15) is 27.9 Å². The molecular weight excluding hydrogens is 342 g/mol. The number of fused-ring (bicyclic) bond motifs is 1.